The summed E-state index contributed by atoms with van der Waals surface area (Å²) in [4.78, 5) is 22.0. The van der Waals surface area contributed by atoms with Crippen molar-refractivity contribution in [2.45, 2.75) is 45.2 Å². The molecule has 6 nitrogen and oxygen atoms in total. The fourth-order valence-corrected chi connectivity index (χ4v) is 4.20. The van der Waals surface area contributed by atoms with E-state index < -0.39 is 0 Å². The summed E-state index contributed by atoms with van der Waals surface area (Å²) in [5.74, 6) is 1.38. The molecule has 0 spiro atoms. The van der Waals surface area contributed by atoms with Crippen molar-refractivity contribution in [3.05, 3.63) is 48.2 Å². The largest absolute Gasteiger partial charge is 0.439 e. The van der Waals surface area contributed by atoms with Crippen LogP contribution in [0.2, 0.25) is 0 Å². The normalized spacial score (nSPS) is 23.7. The number of anilines is 1. The van der Waals surface area contributed by atoms with Crippen molar-refractivity contribution in [2.75, 3.05) is 31.1 Å². The molecule has 1 amide bonds. The van der Waals surface area contributed by atoms with Crippen molar-refractivity contribution in [3.63, 3.8) is 0 Å². The van der Waals surface area contributed by atoms with E-state index in [0.717, 1.165) is 30.1 Å². The maximum absolute atomic E-state index is 13.3. The molecule has 1 N–H and O–H groups in total. The Hall–Kier alpha value is -2.44. The van der Waals surface area contributed by atoms with E-state index in [2.05, 4.69) is 42.9 Å². The molecular formula is C23H30N4O2. The predicted octanol–water partition coefficient (Wildman–Crippen LogP) is 3.18. The highest BCUT2D eigenvalue weighted by atomic mass is 16.5. The number of para-hydroxylation sites is 1. The number of benzene rings is 1. The molecule has 0 unspecified atom stereocenters. The summed E-state index contributed by atoms with van der Waals surface area (Å²) < 4.78 is 5.91. The molecule has 1 aromatic carbocycles. The number of nitrogens with one attached hydrogen (secondary N) is 1. The van der Waals surface area contributed by atoms with Gasteiger partial charge in [0.2, 0.25) is 11.8 Å². The molecule has 2 aliphatic rings. The zero-order chi connectivity index (χ0) is 20.6. The fourth-order valence-electron chi connectivity index (χ4n) is 4.20. The lowest BCUT2D eigenvalue weighted by Crippen LogP contribution is -2.56. The van der Waals surface area contributed by atoms with Gasteiger partial charge in [-0.05, 0) is 26.0 Å². The molecule has 154 valence electrons. The Morgan fingerprint density at radius 3 is 2.79 bits per heavy atom. The van der Waals surface area contributed by atoms with Gasteiger partial charge in [-0.15, -0.1) is 0 Å². The van der Waals surface area contributed by atoms with Crippen LogP contribution in [0.15, 0.2) is 42.6 Å². The second kappa shape index (κ2) is 7.76. The first-order chi connectivity index (χ1) is 13.8. The number of amides is 1. The van der Waals surface area contributed by atoms with E-state index in [9.17, 15) is 4.79 Å². The van der Waals surface area contributed by atoms with Gasteiger partial charge in [-0.3, -0.25) is 9.69 Å². The van der Waals surface area contributed by atoms with Crippen LogP contribution in [0.1, 0.15) is 33.3 Å². The van der Waals surface area contributed by atoms with Gasteiger partial charge in [0.05, 0.1) is 12.2 Å². The zero-order valence-corrected chi connectivity index (χ0v) is 17.7. The average Bonchev–Trinajstić information content (AvgIpc) is 2.96. The molecule has 2 aliphatic heterocycles. The summed E-state index contributed by atoms with van der Waals surface area (Å²) in [6.45, 7) is 11.5. The van der Waals surface area contributed by atoms with Gasteiger partial charge >= 0.3 is 0 Å². The van der Waals surface area contributed by atoms with Crippen LogP contribution in [0.5, 0.6) is 11.6 Å². The molecule has 0 radical (unpaired) electrons. The molecule has 3 heterocycles. The monoisotopic (exact) mass is 394 g/mol. The van der Waals surface area contributed by atoms with E-state index in [1.54, 1.807) is 0 Å². The molecule has 29 heavy (non-hydrogen) atoms. The Morgan fingerprint density at radius 1 is 1.28 bits per heavy atom. The fraction of sp³-hybridized carbons (Fsp3) is 0.478. The second-order valence-corrected chi connectivity index (χ2v) is 8.91. The number of hydrogen-bond donors (Lipinski definition) is 1. The highest BCUT2D eigenvalue weighted by molar-refractivity contribution is 5.97. The van der Waals surface area contributed by atoms with Crippen LogP contribution in [0.4, 0.5) is 5.69 Å². The van der Waals surface area contributed by atoms with E-state index in [0.29, 0.717) is 31.1 Å². The van der Waals surface area contributed by atoms with E-state index in [1.807, 2.05) is 47.5 Å². The molecule has 4 rings (SSSR count). The Kier molecular flexibility index (Phi) is 5.32. The summed E-state index contributed by atoms with van der Waals surface area (Å²) in [7, 11) is 0. The van der Waals surface area contributed by atoms with Crippen molar-refractivity contribution in [2.24, 2.45) is 0 Å². The van der Waals surface area contributed by atoms with Gasteiger partial charge < -0.3 is 15.0 Å². The topological polar surface area (TPSA) is 57.7 Å². The molecule has 2 aromatic rings. The van der Waals surface area contributed by atoms with Crippen LogP contribution in [0, 0.1) is 0 Å². The van der Waals surface area contributed by atoms with E-state index in [1.165, 1.54) is 0 Å². The third-order valence-electron chi connectivity index (χ3n) is 5.93. The molecule has 1 aromatic heterocycles. The van der Waals surface area contributed by atoms with Gasteiger partial charge in [-0.2, -0.15) is 0 Å². The summed E-state index contributed by atoms with van der Waals surface area (Å²) in [5, 5.41) is 3.47. The number of carbonyl (C=O) groups is 1. The lowest BCUT2D eigenvalue weighted by molar-refractivity contribution is -0.120. The highest BCUT2D eigenvalue weighted by Gasteiger charge is 2.39. The molecule has 0 bridgehead atoms. The summed E-state index contributed by atoms with van der Waals surface area (Å²) in [6.07, 6.45) is 1.86. The lowest BCUT2D eigenvalue weighted by atomic mass is 9.88. The molecule has 2 atom stereocenters. The number of piperazine rings is 1. The molecule has 6 heteroatoms. The van der Waals surface area contributed by atoms with Gasteiger partial charge in [0, 0.05) is 55.0 Å². The number of ether oxygens (including phenoxy) is 1. The maximum atomic E-state index is 13.3. The summed E-state index contributed by atoms with van der Waals surface area (Å²) in [6, 6.07) is 12.2. The molecule has 1 saturated heterocycles. The number of carbonyl (C=O) groups excluding carboxylic acids is 1. The number of pyridine rings is 1. The Bertz CT molecular complexity index is 884. The van der Waals surface area contributed by atoms with Crippen LogP contribution in [0.25, 0.3) is 0 Å². The number of aromatic nitrogens is 1. The highest BCUT2D eigenvalue weighted by Crippen LogP contribution is 2.42. The van der Waals surface area contributed by atoms with Crippen molar-refractivity contribution < 1.29 is 9.53 Å². The first kappa shape index (κ1) is 19.9. The zero-order valence-electron chi connectivity index (χ0n) is 17.7. The van der Waals surface area contributed by atoms with Gasteiger partial charge in [0.25, 0.3) is 0 Å². The molecule has 1 fully saturated rings. The van der Waals surface area contributed by atoms with Gasteiger partial charge in [0.1, 0.15) is 5.75 Å². The van der Waals surface area contributed by atoms with Gasteiger partial charge in [-0.1, -0.05) is 32.0 Å². The van der Waals surface area contributed by atoms with Crippen molar-refractivity contribution in [1.82, 2.24) is 15.2 Å². The molecule has 0 saturated carbocycles. The van der Waals surface area contributed by atoms with Gasteiger partial charge in [-0.25, -0.2) is 4.98 Å². The summed E-state index contributed by atoms with van der Waals surface area (Å²) >= 11 is 0. The van der Waals surface area contributed by atoms with E-state index in [4.69, 9.17) is 4.74 Å². The van der Waals surface area contributed by atoms with Crippen molar-refractivity contribution in [3.8, 4) is 11.6 Å². The smallest absolute Gasteiger partial charge is 0.241 e. The third-order valence-corrected chi connectivity index (χ3v) is 5.93. The number of hydrogen-bond acceptors (Lipinski definition) is 5. The SMILES string of the molecule is C[C@@H]1CN(CC(=O)N2CC(C)(C)c3cnc(Oc4ccccc4)cc32)[C@@H](C)CN1. The predicted molar refractivity (Wildman–Crippen MR) is 115 cm³/mol. The maximum Gasteiger partial charge on any atom is 0.241 e. The minimum Gasteiger partial charge on any atom is -0.439 e. The molecule has 0 aliphatic carbocycles. The Labute approximate surface area is 172 Å². The van der Waals surface area contributed by atoms with Crippen LogP contribution >= 0.6 is 0 Å². The van der Waals surface area contributed by atoms with Crippen LogP contribution in [-0.2, 0) is 10.2 Å². The van der Waals surface area contributed by atoms with Crippen LogP contribution in [-0.4, -0.2) is 54.1 Å². The standard InChI is InChI=1S/C23H30N4O2/c1-16-13-26(17(2)11-24-16)14-22(28)27-15-23(3,4)19-12-25-21(10-20(19)27)29-18-8-6-5-7-9-18/h5-10,12,16-17,24H,11,13-15H2,1-4H3/t16-,17+/m1/s1. The Balaban J connectivity index is 1.56. The first-order valence-electron chi connectivity index (χ1n) is 10.3. The summed E-state index contributed by atoms with van der Waals surface area (Å²) in [5.41, 5.74) is 1.87. The second-order valence-electron chi connectivity index (χ2n) is 8.91. The van der Waals surface area contributed by atoms with Crippen molar-refractivity contribution >= 4 is 11.6 Å². The van der Waals surface area contributed by atoms with Crippen LogP contribution < -0.4 is 15.0 Å². The first-order valence-corrected chi connectivity index (χ1v) is 10.3. The minimum atomic E-state index is -0.133. The van der Waals surface area contributed by atoms with Crippen molar-refractivity contribution in [1.29, 1.82) is 0 Å². The molecular weight excluding hydrogens is 364 g/mol. The van der Waals surface area contributed by atoms with E-state index >= 15 is 0 Å². The number of rotatable bonds is 4. The number of fused-ring (bicyclic) bond motifs is 1. The van der Waals surface area contributed by atoms with E-state index in [-0.39, 0.29) is 11.3 Å². The number of nitrogens with zero attached hydrogens (tertiary/aromatic N) is 3. The average molecular weight is 395 g/mol. The van der Waals surface area contributed by atoms with Gasteiger partial charge in [0.15, 0.2) is 0 Å². The minimum absolute atomic E-state index is 0.133. The quantitative estimate of drug-likeness (QED) is 0.863. The van der Waals surface area contributed by atoms with Crippen LogP contribution in [0.3, 0.4) is 0 Å². The lowest BCUT2D eigenvalue weighted by Gasteiger charge is -2.37. The third kappa shape index (κ3) is 4.14. The Morgan fingerprint density at radius 2 is 2.03 bits per heavy atom.